The highest BCUT2D eigenvalue weighted by molar-refractivity contribution is 5.86. The van der Waals surface area contributed by atoms with E-state index in [1.54, 1.807) is 0 Å². The van der Waals surface area contributed by atoms with Crippen molar-refractivity contribution >= 4 is 16.8 Å². The molecule has 0 fully saturated rings. The van der Waals surface area contributed by atoms with E-state index in [1.165, 1.54) is 12.1 Å². The van der Waals surface area contributed by atoms with Gasteiger partial charge in [-0.1, -0.05) is 72.8 Å². The van der Waals surface area contributed by atoms with Crippen molar-refractivity contribution in [3.63, 3.8) is 0 Å². The number of benzene rings is 4. The van der Waals surface area contributed by atoms with Crippen molar-refractivity contribution in [2.75, 3.05) is 6.54 Å². The van der Waals surface area contributed by atoms with Crippen molar-refractivity contribution < 1.29 is 22.7 Å². The molecule has 0 spiro atoms. The van der Waals surface area contributed by atoms with Crippen LogP contribution in [0.5, 0.6) is 5.75 Å². The van der Waals surface area contributed by atoms with Gasteiger partial charge in [0.2, 0.25) is 0 Å². The van der Waals surface area contributed by atoms with Crippen LogP contribution in [0, 0.1) is 0 Å². The number of fused-ring (bicyclic) bond motifs is 1. The van der Waals surface area contributed by atoms with Crippen LogP contribution < -0.4 is 15.4 Å². The lowest BCUT2D eigenvalue weighted by molar-refractivity contribution is -0.137. The van der Waals surface area contributed by atoms with Gasteiger partial charge in [-0.05, 0) is 53.1 Å². The van der Waals surface area contributed by atoms with Crippen LogP contribution in [0.1, 0.15) is 42.2 Å². The lowest BCUT2D eigenvalue weighted by atomic mass is 10.00. The Balaban J connectivity index is 1.37. The molecule has 0 aliphatic rings. The number of carbonyl (C=O) groups is 1. The summed E-state index contributed by atoms with van der Waals surface area (Å²) >= 11 is 0. The quantitative estimate of drug-likeness (QED) is 0.269. The van der Waals surface area contributed by atoms with Crippen molar-refractivity contribution in [3.05, 3.63) is 114 Å². The first-order chi connectivity index (χ1) is 17.3. The molecule has 0 saturated heterocycles. The average molecular weight is 493 g/mol. The number of urea groups is 1. The van der Waals surface area contributed by atoms with Gasteiger partial charge in [0.15, 0.2) is 0 Å². The number of alkyl halides is 3. The van der Waals surface area contributed by atoms with Crippen molar-refractivity contribution in [1.29, 1.82) is 0 Å². The van der Waals surface area contributed by atoms with Crippen LogP contribution in [0.25, 0.3) is 10.8 Å². The fourth-order valence-corrected chi connectivity index (χ4v) is 4.12. The third-order valence-corrected chi connectivity index (χ3v) is 5.96. The van der Waals surface area contributed by atoms with Gasteiger partial charge in [0.25, 0.3) is 0 Å². The topological polar surface area (TPSA) is 50.4 Å². The van der Waals surface area contributed by atoms with E-state index >= 15 is 0 Å². The minimum atomic E-state index is -4.40. The van der Waals surface area contributed by atoms with Crippen molar-refractivity contribution in [2.24, 2.45) is 0 Å². The molecule has 0 bridgehead atoms. The highest BCUT2D eigenvalue weighted by Gasteiger charge is 2.30. The van der Waals surface area contributed by atoms with Crippen molar-refractivity contribution in [3.8, 4) is 5.75 Å². The lowest BCUT2D eigenvalue weighted by Crippen LogP contribution is -2.38. The third kappa shape index (κ3) is 6.36. The highest BCUT2D eigenvalue weighted by atomic mass is 19.4. The molecule has 4 nitrogen and oxygen atoms in total. The summed E-state index contributed by atoms with van der Waals surface area (Å²) in [6.45, 7) is 2.25. The Bertz CT molecular complexity index is 1290. The average Bonchev–Trinajstić information content (AvgIpc) is 2.88. The Labute approximate surface area is 208 Å². The predicted octanol–water partition coefficient (Wildman–Crippen LogP) is 7.43. The molecule has 4 aromatic carbocycles. The van der Waals surface area contributed by atoms with Gasteiger partial charge in [-0.25, -0.2) is 4.79 Å². The van der Waals surface area contributed by atoms with Crippen LogP contribution in [0.4, 0.5) is 18.0 Å². The molecule has 0 saturated carbocycles. The number of hydrogen-bond donors (Lipinski definition) is 2. The molecule has 186 valence electrons. The van der Waals surface area contributed by atoms with Crippen molar-refractivity contribution in [2.45, 2.75) is 31.7 Å². The number of rotatable bonds is 8. The molecule has 2 amide bonds. The number of nitrogens with one attached hydrogen (secondary N) is 2. The summed E-state index contributed by atoms with van der Waals surface area (Å²) in [7, 11) is 0. The summed E-state index contributed by atoms with van der Waals surface area (Å²) in [5.41, 5.74) is 1.16. The molecule has 4 aromatic rings. The zero-order valence-corrected chi connectivity index (χ0v) is 19.8. The van der Waals surface area contributed by atoms with E-state index in [9.17, 15) is 18.0 Å². The molecule has 0 aromatic heterocycles. The van der Waals surface area contributed by atoms with Crippen LogP contribution >= 0.6 is 0 Å². The monoisotopic (exact) mass is 492 g/mol. The first kappa shape index (κ1) is 25.1. The van der Waals surface area contributed by atoms with Gasteiger partial charge in [0.05, 0.1) is 11.6 Å². The molecule has 36 heavy (non-hydrogen) atoms. The predicted molar refractivity (Wildman–Crippen MR) is 135 cm³/mol. The maximum absolute atomic E-state index is 12.9. The zero-order chi connectivity index (χ0) is 25.5. The molecule has 0 aliphatic heterocycles. The summed E-state index contributed by atoms with van der Waals surface area (Å²) in [5.74, 6) is 0.325. The van der Waals surface area contributed by atoms with Gasteiger partial charge < -0.3 is 15.4 Å². The Morgan fingerprint density at radius 3 is 2.25 bits per heavy atom. The maximum atomic E-state index is 12.9. The zero-order valence-electron chi connectivity index (χ0n) is 19.8. The highest BCUT2D eigenvalue weighted by Crippen LogP contribution is 2.32. The molecule has 0 unspecified atom stereocenters. The number of ether oxygens (including phenoxy) is 1. The number of hydrogen-bond acceptors (Lipinski definition) is 2. The summed E-state index contributed by atoms with van der Waals surface area (Å²) < 4.78 is 44.6. The first-order valence-corrected chi connectivity index (χ1v) is 11.7. The molecule has 2 N–H and O–H groups in total. The van der Waals surface area contributed by atoms with Crippen LogP contribution in [-0.4, -0.2) is 12.6 Å². The Hall–Kier alpha value is -4.00. The largest absolute Gasteiger partial charge is 0.486 e. The van der Waals surface area contributed by atoms with Gasteiger partial charge in [-0.3, -0.25) is 0 Å². The normalized spacial score (nSPS) is 13.1. The fourth-order valence-electron chi connectivity index (χ4n) is 4.12. The second-order valence-electron chi connectivity index (χ2n) is 8.52. The Morgan fingerprint density at radius 2 is 1.53 bits per heavy atom. The van der Waals surface area contributed by atoms with Gasteiger partial charge in [0.1, 0.15) is 11.9 Å². The van der Waals surface area contributed by atoms with E-state index in [4.69, 9.17) is 4.74 Å². The van der Waals surface area contributed by atoms with E-state index in [-0.39, 0.29) is 12.1 Å². The molecule has 0 radical (unpaired) electrons. The molecular formula is C29H27F3N2O2. The SMILES string of the molecule is C[C@H](NC(=O)NCC[C@H](Oc1ccc(C(F)(F)F)cc1)c1ccccc1)c1cccc2ccccc12. The van der Waals surface area contributed by atoms with Gasteiger partial charge in [-0.2, -0.15) is 13.2 Å². The fraction of sp³-hybridized carbons (Fsp3) is 0.207. The lowest BCUT2D eigenvalue weighted by Gasteiger charge is -2.21. The summed E-state index contributed by atoms with van der Waals surface area (Å²) in [6, 6.07) is 27.5. The van der Waals surface area contributed by atoms with E-state index in [2.05, 4.69) is 10.6 Å². The van der Waals surface area contributed by atoms with Gasteiger partial charge in [-0.15, -0.1) is 0 Å². The van der Waals surface area contributed by atoms with E-state index < -0.39 is 17.8 Å². The maximum Gasteiger partial charge on any atom is 0.416 e. The standard InChI is InChI=1S/C29H27F3N2O2/c1-20(25-13-7-11-21-8-5-6-12-26(21)25)34-28(35)33-19-18-27(22-9-3-2-4-10-22)36-24-16-14-23(15-17-24)29(30,31)32/h2-17,20,27H,18-19H2,1H3,(H2,33,34,35)/t20-,27-/m0/s1. The van der Waals surface area contributed by atoms with Gasteiger partial charge in [0, 0.05) is 13.0 Å². The molecule has 7 heteroatoms. The third-order valence-electron chi connectivity index (χ3n) is 5.96. The summed E-state index contributed by atoms with van der Waals surface area (Å²) in [6.07, 6.45) is -4.42. The van der Waals surface area contributed by atoms with E-state index in [0.717, 1.165) is 34.0 Å². The minimum Gasteiger partial charge on any atom is -0.486 e. The van der Waals surface area contributed by atoms with Crippen LogP contribution in [0.3, 0.4) is 0 Å². The van der Waals surface area contributed by atoms with Crippen molar-refractivity contribution in [1.82, 2.24) is 10.6 Å². The molecular weight excluding hydrogens is 465 g/mol. The molecule has 4 rings (SSSR count). The van der Waals surface area contributed by atoms with Crippen LogP contribution in [0.15, 0.2) is 97.1 Å². The smallest absolute Gasteiger partial charge is 0.416 e. The Morgan fingerprint density at radius 1 is 0.861 bits per heavy atom. The second-order valence-corrected chi connectivity index (χ2v) is 8.52. The molecule has 0 heterocycles. The van der Waals surface area contributed by atoms with Gasteiger partial charge >= 0.3 is 12.2 Å². The van der Waals surface area contributed by atoms with Crippen LogP contribution in [0.2, 0.25) is 0 Å². The minimum absolute atomic E-state index is 0.204. The number of halogens is 3. The molecule has 2 atom stereocenters. The molecule has 0 aliphatic carbocycles. The second kappa shape index (κ2) is 11.2. The summed E-state index contributed by atoms with van der Waals surface area (Å²) in [5, 5.41) is 8.03. The summed E-state index contributed by atoms with van der Waals surface area (Å²) in [4.78, 5) is 12.6. The van der Waals surface area contributed by atoms with E-state index in [1.807, 2.05) is 79.7 Å². The van der Waals surface area contributed by atoms with E-state index in [0.29, 0.717) is 18.7 Å². The Kier molecular flexibility index (Phi) is 7.78. The number of carbonyl (C=O) groups excluding carboxylic acids is 1. The first-order valence-electron chi connectivity index (χ1n) is 11.7. The number of amides is 2. The van der Waals surface area contributed by atoms with Crippen LogP contribution in [-0.2, 0) is 6.18 Å².